The van der Waals surface area contributed by atoms with E-state index < -0.39 is 10.0 Å². The van der Waals surface area contributed by atoms with Crippen LogP contribution in [0.4, 0.5) is 5.69 Å². The van der Waals surface area contributed by atoms with Crippen molar-refractivity contribution in [2.24, 2.45) is 0 Å². The van der Waals surface area contributed by atoms with E-state index in [2.05, 4.69) is 44.4 Å². The fourth-order valence-electron chi connectivity index (χ4n) is 5.48. The summed E-state index contributed by atoms with van der Waals surface area (Å²) in [5.41, 5.74) is 2.07. The summed E-state index contributed by atoms with van der Waals surface area (Å²) in [5, 5.41) is 4.75. The molecule has 2 saturated heterocycles. The topological polar surface area (TPSA) is 56.8 Å². The number of pyridine rings is 1. The largest absolute Gasteiger partial charge is 0.368 e. The first-order valence-electron chi connectivity index (χ1n) is 12.4. The van der Waals surface area contributed by atoms with Gasteiger partial charge >= 0.3 is 0 Å². The zero-order valence-corrected chi connectivity index (χ0v) is 21.3. The van der Waals surface area contributed by atoms with Gasteiger partial charge in [0.2, 0.25) is 0 Å². The number of nitrogens with zero attached hydrogens (tertiary/aromatic N) is 4. The van der Waals surface area contributed by atoms with Gasteiger partial charge in [-0.2, -0.15) is 4.31 Å². The van der Waals surface area contributed by atoms with Gasteiger partial charge in [0.25, 0.3) is 10.0 Å². The molecular formula is C27H30N4O2S2. The Hall–Kier alpha value is -2.52. The predicted octanol–water partition coefficient (Wildman–Crippen LogP) is 4.81. The molecule has 0 N–H and O–H groups in total. The summed E-state index contributed by atoms with van der Waals surface area (Å²) in [5.74, 6) is 0. The van der Waals surface area contributed by atoms with E-state index in [1.54, 1.807) is 10.4 Å². The van der Waals surface area contributed by atoms with Crippen molar-refractivity contribution < 1.29 is 8.42 Å². The molecule has 2 aliphatic rings. The Kier molecular flexibility index (Phi) is 6.22. The quantitative estimate of drug-likeness (QED) is 0.376. The summed E-state index contributed by atoms with van der Waals surface area (Å²) in [6.45, 7) is 5.55. The number of hydrogen-bond donors (Lipinski definition) is 0. The summed E-state index contributed by atoms with van der Waals surface area (Å²) in [7, 11) is -3.59. The van der Waals surface area contributed by atoms with Crippen LogP contribution in [-0.4, -0.2) is 67.9 Å². The van der Waals surface area contributed by atoms with Crippen LogP contribution in [0.5, 0.6) is 0 Å². The third-order valence-corrected chi connectivity index (χ3v) is 10.2. The van der Waals surface area contributed by atoms with E-state index >= 15 is 0 Å². The Labute approximate surface area is 210 Å². The highest BCUT2D eigenvalue weighted by atomic mass is 32.2. The Morgan fingerprint density at radius 1 is 0.914 bits per heavy atom. The molecule has 0 aliphatic carbocycles. The van der Waals surface area contributed by atoms with Crippen molar-refractivity contribution >= 4 is 48.0 Å². The Morgan fingerprint density at radius 3 is 2.60 bits per heavy atom. The highest BCUT2D eigenvalue weighted by molar-refractivity contribution is 7.89. The van der Waals surface area contributed by atoms with Crippen LogP contribution >= 0.6 is 11.3 Å². The molecule has 35 heavy (non-hydrogen) atoms. The van der Waals surface area contributed by atoms with E-state index in [1.165, 1.54) is 15.8 Å². The fraction of sp³-hybridized carbons (Fsp3) is 0.370. The maximum atomic E-state index is 13.5. The second kappa shape index (κ2) is 9.50. The van der Waals surface area contributed by atoms with Gasteiger partial charge in [0.1, 0.15) is 0 Å². The lowest BCUT2D eigenvalue weighted by Gasteiger charge is -2.36. The summed E-state index contributed by atoms with van der Waals surface area (Å²) in [6, 6.07) is 19.8. The predicted molar refractivity (Wildman–Crippen MR) is 144 cm³/mol. The highest BCUT2D eigenvalue weighted by Gasteiger charge is 2.36. The number of benzene rings is 2. The molecule has 0 bridgehead atoms. The molecule has 182 valence electrons. The molecule has 0 spiro atoms. The van der Waals surface area contributed by atoms with Crippen molar-refractivity contribution in [1.82, 2.24) is 14.2 Å². The zero-order valence-electron chi connectivity index (χ0n) is 19.7. The second-order valence-corrected chi connectivity index (χ2v) is 12.2. The number of anilines is 1. The average molecular weight is 507 g/mol. The number of piperazine rings is 1. The van der Waals surface area contributed by atoms with Gasteiger partial charge in [-0.3, -0.25) is 4.90 Å². The van der Waals surface area contributed by atoms with Crippen LogP contribution in [0.3, 0.4) is 0 Å². The molecule has 2 aromatic carbocycles. The van der Waals surface area contributed by atoms with Crippen LogP contribution in [-0.2, 0) is 10.0 Å². The van der Waals surface area contributed by atoms with Crippen LogP contribution in [0, 0.1) is 0 Å². The van der Waals surface area contributed by atoms with Gasteiger partial charge in [0.15, 0.2) is 5.03 Å². The van der Waals surface area contributed by atoms with Gasteiger partial charge in [-0.05, 0) is 50.1 Å². The van der Waals surface area contributed by atoms with Crippen LogP contribution in [0.2, 0.25) is 0 Å². The van der Waals surface area contributed by atoms with E-state index in [0.717, 1.165) is 62.9 Å². The molecule has 0 saturated carbocycles. The van der Waals surface area contributed by atoms with Crippen molar-refractivity contribution in [3.63, 3.8) is 0 Å². The minimum Gasteiger partial charge on any atom is -0.368 e. The van der Waals surface area contributed by atoms with Crippen molar-refractivity contribution in [2.75, 3.05) is 44.2 Å². The summed E-state index contributed by atoms with van der Waals surface area (Å²) >= 11 is 1.81. The smallest absolute Gasteiger partial charge is 0.260 e. The first-order valence-corrected chi connectivity index (χ1v) is 14.7. The van der Waals surface area contributed by atoms with Gasteiger partial charge in [0, 0.05) is 59.6 Å². The fourth-order valence-corrected chi connectivity index (χ4v) is 8.12. The van der Waals surface area contributed by atoms with E-state index in [0.29, 0.717) is 6.54 Å². The Morgan fingerprint density at radius 2 is 1.71 bits per heavy atom. The SMILES string of the molecule is O=S(=O)(c1ccc2ccccc2n1)N1CCC[C@H]1CCN1CCN(c2csc3ccccc23)CC1. The molecule has 0 amide bonds. The Balaban J connectivity index is 1.09. The van der Waals surface area contributed by atoms with Crippen LogP contribution in [0.25, 0.3) is 21.0 Å². The highest BCUT2D eigenvalue weighted by Crippen LogP contribution is 2.33. The Bertz CT molecular complexity index is 1440. The molecule has 0 radical (unpaired) electrons. The number of para-hydroxylation sites is 1. The molecule has 0 unspecified atom stereocenters. The second-order valence-electron chi connectivity index (χ2n) is 9.49. The van der Waals surface area contributed by atoms with E-state index in [4.69, 9.17) is 0 Å². The number of sulfonamides is 1. The summed E-state index contributed by atoms with van der Waals surface area (Å²) in [6.07, 6.45) is 2.71. The molecular weight excluding hydrogens is 476 g/mol. The summed E-state index contributed by atoms with van der Waals surface area (Å²) in [4.78, 5) is 9.47. The van der Waals surface area contributed by atoms with Gasteiger partial charge in [0.05, 0.1) is 11.2 Å². The molecule has 2 fully saturated rings. The van der Waals surface area contributed by atoms with Crippen molar-refractivity contribution in [3.05, 3.63) is 66.0 Å². The summed E-state index contributed by atoms with van der Waals surface area (Å²) < 4.78 is 30.0. The molecule has 4 aromatic rings. The van der Waals surface area contributed by atoms with Crippen molar-refractivity contribution in [3.8, 4) is 0 Å². The molecule has 6 nitrogen and oxygen atoms in total. The van der Waals surface area contributed by atoms with E-state index in [-0.39, 0.29) is 11.1 Å². The number of aromatic nitrogens is 1. The van der Waals surface area contributed by atoms with Crippen LogP contribution in [0.1, 0.15) is 19.3 Å². The molecule has 2 aromatic heterocycles. The number of fused-ring (bicyclic) bond motifs is 2. The lowest BCUT2D eigenvalue weighted by molar-refractivity contribution is 0.232. The van der Waals surface area contributed by atoms with E-state index in [9.17, 15) is 8.42 Å². The molecule has 1 atom stereocenters. The molecule has 8 heteroatoms. The van der Waals surface area contributed by atoms with Crippen molar-refractivity contribution in [2.45, 2.75) is 30.3 Å². The molecule has 2 aliphatic heterocycles. The minimum atomic E-state index is -3.59. The minimum absolute atomic E-state index is 0.0483. The standard InChI is InChI=1S/C27H30N4O2S2/c32-35(33,27-12-11-21-6-1-3-9-24(21)28-27)31-14-5-7-22(31)13-15-29-16-18-30(19-17-29)25-20-34-26-10-4-2-8-23(25)26/h1-4,6,8-12,20,22H,5,7,13-19H2/t22-/m0/s1. The molecule has 4 heterocycles. The van der Waals surface area contributed by atoms with Crippen molar-refractivity contribution in [1.29, 1.82) is 0 Å². The van der Waals surface area contributed by atoms with Crippen LogP contribution in [0.15, 0.2) is 71.1 Å². The monoisotopic (exact) mass is 506 g/mol. The average Bonchev–Trinajstić information content (AvgIpc) is 3.55. The normalized spacial score (nSPS) is 20.2. The zero-order chi connectivity index (χ0) is 23.8. The number of hydrogen-bond acceptors (Lipinski definition) is 6. The van der Waals surface area contributed by atoms with Gasteiger partial charge in [-0.1, -0.05) is 36.4 Å². The lowest BCUT2D eigenvalue weighted by atomic mass is 10.1. The number of rotatable bonds is 6. The van der Waals surface area contributed by atoms with Gasteiger partial charge in [-0.25, -0.2) is 13.4 Å². The van der Waals surface area contributed by atoms with E-state index in [1.807, 2.05) is 41.7 Å². The third kappa shape index (κ3) is 4.44. The van der Waals surface area contributed by atoms with Gasteiger partial charge in [-0.15, -0.1) is 11.3 Å². The molecule has 6 rings (SSSR count). The maximum Gasteiger partial charge on any atom is 0.260 e. The lowest BCUT2D eigenvalue weighted by Crippen LogP contribution is -2.47. The van der Waals surface area contributed by atoms with Crippen LogP contribution < -0.4 is 4.90 Å². The maximum absolute atomic E-state index is 13.5. The number of thiophene rings is 1. The van der Waals surface area contributed by atoms with Gasteiger partial charge < -0.3 is 4.90 Å². The first kappa shape index (κ1) is 22.9. The third-order valence-electron chi connectivity index (χ3n) is 7.42. The first-order chi connectivity index (χ1) is 17.1.